The lowest BCUT2D eigenvalue weighted by atomic mass is 9.84. The molecule has 0 radical (unpaired) electrons. The number of hydrogen-bond donors (Lipinski definition) is 1. The summed E-state index contributed by atoms with van der Waals surface area (Å²) in [4.78, 5) is 41.2. The topological polar surface area (TPSA) is 80.6 Å². The van der Waals surface area contributed by atoms with E-state index in [1.165, 1.54) is 0 Å². The monoisotopic (exact) mass is 471 g/mol. The maximum Gasteiger partial charge on any atom is 0.325 e. The van der Waals surface area contributed by atoms with E-state index in [-0.39, 0.29) is 18.2 Å². The number of aromatic nitrogens is 1. The fourth-order valence-corrected chi connectivity index (χ4v) is 5.52. The number of rotatable bonds is 5. The smallest absolute Gasteiger partial charge is 0.325 e. The number of carbonyl (C=O) groups excluding carboxylic acids is 3. The number of aryl methyl sites for hydroxylation is 2. The van der Waals surface area contributed by atoms with E-state index in [1.807, 2.05) is 73.0 Å². The number of benzene rings is 2. The Labute approximate surface area is 204 Å². The van der Waals surface area contributed by atoms with Gasteiger partial charge in [0.1, 0.15) is 11.3 Å². The van der Waals surface area contributed by atoms with Gasteiger partial charge in [-0.15, -0.1) is 0 Å². The highest BCUT2D eigenvalue weighted by molar-refractivity contribution is 6.11. The summed E-state index contributed by atoms with van der Waals surface area (Å²) in [5.41, 5.74) is 3.90. The third-order valence-electron chi connectivity index (χ3n) is 7.26. The number of amides is 3. The van der Waals surface area contributed by atoms with E-state index in [0.717, 1.165) is 58.1 Å². The Hall–Kier alpha value is -3.87. The number of methoxy groups -OCH3 is 1. The van der Waals surface area contributed by atoms with Gasteiger partial charge in [0.05, 0.1) is 13.7 Å². The number of urea groups is 1. The van der Waals surface area contributed by atoms with Gasteiger partial charge >= 0.3 is 6.03 Å². The Kier molecular flexibility index (Phi) is 5.71. The second kappa shape index (κ2) is 8.73. The molecule has 1 fully saturated rings. The summed E-state index contributed by atoms with van der Waals surface area (Å²) < 4.78 is 7.23. The number of Topliss-reactive ketones (excluding diaryl/α,β-unsaturated/α-hetero) is 1. The molecule has 1 aliphatic carbocycles. The van der Waals surface area contributed by atoms with Gasteiger partial charge in [0.2, 0.25) is 0 Å². The molecule has 1 N–H and O–H groups in total. The minimum atomic E-state index is -1.09. The van der Waals surface area contributed by atoms with Crippen LogP contribution in [0.4, 0.5) is 4.79 Å². The van der Waals surface area contributed by atoms with Crippen molar-refractivity contribution in [1.29, 1.82) is 0 Å². The molecule has 1 aromatic heterocycles. The van der Waals surface area contributed by atoms with Gasteiger partial charge in [0.25, 0.3) is 5.91 Å². The summed E-state index contributed by atoms with van der Waals surface area (Å²) in [5, 5.41) is 2.96. The number of imide groups is 1. The Morgan fingerprint density at radius 2 is 1.80 bits per heavy atom. The first-order valence-electron chi connectivity index (χ1n) is 11.9. The zero-order chi connectivity index (χ0) is 24.7. The molecule has 0 unspecified atom stereocenters. The highest BCUT2D eigenvalue weighted by Crippen LogP contribution is 2.39. The molecule has 2 aliphatic rings. The lowest BCUT2D eigenvalue weighted by Crippen LogP contribution is -2.44. The molecule has 35 heavy (non-hydrogen) atoms. The zero-order valence-electron chi connectivity index (χ0n) is 20.3. The molecule has 180 valence electrons. The molecule has 2 heterocycles. The molecule has 0 saturated carbocycles. The highest BCUT2D eigenvalue weighted by Gasteiger charge is 2.53. The third kappa shape index (κ3) is 3.71. The van der Waals surface area contributed by atoms with Crippen molar-refractivity contribution in [2.75, 3.05) is 13.7 Å². The number of hydrogen-bond acceptors (Lipinski definition) is 4. The Balaban J connectivity index is 1.43. The average molecular weight is 472 g/mol. The van der Waals surface area contributed by atoms with Crippen molar-refractivity contribution in [3.8, 4) is 11.4 Å². The summed E-state index contributed by atoms with van der Waals surface area (Å²) in [7, 11) is 1.62. The van der Waals surface area contributed by atoms with Crippen LogP contribution in [0.5, 0.6) is 5.75 Å². The van der Waals surface area contributed by atoms with Crippen molar-refractivity contribution in [2.45, 2.75) is 45.1 Å². The summed E-state index contributed by atoms with van der Waals surface area (Å²) in [6, 6.07) is 16.7. The van der Waals surface area contributed by atoms with E-state index in [4.69, 9.17) is 4.74 Å². The first-order valence-corrected chi connectivity index (χ1v) is 11.9. The van der Waals surface area contributed by atoms with Crippen LogP contribution in [0, 0.1) is 13.8 Å². The molecule has 1 atom stereocenters. The van der Waals surface area contributed by atoms with Crippen LogP contribution in [0.15, 0.2) is 54.6 Å². The molecule has 5 rings (SSSR count). The van der Waals surface area contributed by atoms with E-state index in [0.29, 0.717) is 12.0 Å². The number of ketones is 1. The van der Waals surface area contributed by atoms with Gasteiger partial charge < -0.3 is 14.6 Å². The van der Waals surface area contributed by atoms with Crippen molar-refractivity contribution < 1.29 is 19.1 Å². The van der Waals surface area contributed by atoms with Crippen molar-refractivity contribution in [2.24, 2.45) is 0 Å². The predicted molar refractivity (Wildman–Crippen MR) is 132 cm³/mol. The van der Waals surface area contributed by atoms with Gasteiger partial charge in [-0.2, -0.15) is 0 Å². The maximum atomic E-state index is 13.7. The Morgan fingerprint density at radius 3 is 2.54 bits per heavy atom. The summed E-state index contributed by atoms with van der Waals surface area (Å²) in [6.45, 7) is 3.51. The van der Waals surface area contributed by atoms with Crippen LogP contribution in [0.3, 0.4) is 0 Å². The summed E-state index contributed by atoms with van der Waals surface area (Å²) >= 11 is 0. The second-order valence-corrected chi connectivity index (χ2v) is 9.33. The van der Waals surface area contributed by atoms with Crippen LogP contribution < -0.4 is 10.1 Å². The van der Waals surface area contributed by atoms with Gasteiger partial charge in [-0.3, -0.25) is 14.5 Å². The minimum Gasteiger partial charge on any atom is -0.497 e. The molecular weight excluding hydrogens is 442 g/mol. The molecule has 2 aromatic carbocycles. The van der Waals surface area contributed by atoms with Crippen LogP contribution in [0.2, 0.25) is 0 Å². The number of nitrogens with zero attached hydrogens (tertiary/aromatic N) is 2. The number of nitrogens with one attached hydrogen (secondary N) is 1. The molecule has 3 amide bonds. The fourth-order valence-electron chi connectivity index (χ4n) is 5.52. The lowest BCUT2D eigenvalue weighted by molar-refractivity contribution is -0.131. The minimum absolute atomic E-state index is 0.264. The molecule has 7 nitrogen and oxygen atoms in total. The predicted octanol–water partition coefficient (Wildman–Crippen LogP) is 4.46. The first-order chi connectivity index (χ1) is 16.9. The van der Waals surface area contributed by atoms with E-state index in [2.05, 4.69) is 5.32 Å². The standard InChI is InChI=1S/C28H29N3O4/c1-18-16-23(19(2)31(18)21-11-13-22(35-3)14-12-21)25(32)17-30-26(33)28(29-27(30)34)15-7-6-9-20-8-4-5-10-24(20)28/h4-5,8,10-14,16H,6-7,9,15,17H2,1-3H3,(H,29,34)/t28-/m0/s1. The van der Waals surface area contributed by atoms with Crippen LogP contribution >= 0.6 is 0 Å². The Bertz CT molecular complexity index is 1320. The number of ether oxygens (including phenoxy) is 1. The van der Waals surface area contributed by atoms with E-state index >= 15 is 0 Å². The largest absolute Gasteiger partial charge is 0.497 e. The van der Waals surface area contributed by atoms with Crippen LogP contribution in [-0.2, 0) is 16.8 Å². The molecule has 3 aromatic rings. The van der Waals surface area contributed by atoms with Crippen molar-refractivity contribution >= 4 is 17.7 Å². The van der Waals surface area contributed by atoms with Crippen LogP contribution in [0.1, 0.15) is 52.1 Å². The normalized spacial score (nSPS) is 19.5. The first kappa shape index (κ1) is 22.9. The van der Waals surface area contributed by atoms with Crippen LogP contribution in [-0.4, -0.2) is 40.8 Å². The highest BCUT2D eigenvalue weighted by atomic mass is 16.5. The van der Waals surface area contributed by atoms with Gasteiger partial charge in [0.15, 0.2) is 5.78 Å². The van der Waals surface area contributed by atoms with E-state index in [9.17, 15) is 14.4 Å². The van der Waals surface area contributed by atoms with Crippen molar-refractivity contribution in [1.82, 2.24) is 14.8 Å². The fraction of sp³-hybridized carbons (Fsp3) is 0.321. The SMILES string of the molecule is COc1ccc(-n2c(C)cc(C(=O)CN3C(=O)N[C@]4(CCCCc5ccccc54)C3=O)c2C)cc1. The van der Waals surface area contributed by atoms with Crippen molar-refractivity contribution in [3.63, 3.8) is 0 Å². The van der Waals surface area contributed by atoms with Gasteiger partial charge in [-0.25, -0.2) is 4.79 Å². The summed E-state index contributed by atoms with van der Waals surface area (Å²) in [5.74, 6) is 0.148. The van der Waals surface area contributed by atoms with Gasteiger partial charge in [0, 0.05) is 22.6 Å². The molecule has 1 saturated heterocycles. The molecular formula is C28H29N3O4. The molecule has 0 bridgehead atoms. The summed E-state index contributed by atoms with van der Waals surface area (Å²) in [6.07, 6.45) is 3.19. The van der Waals surface area contributed by atoms with Crippen LogP contribution in [0.25, 0.3) is 5.69 Å². The maximum absolute atomic E-state index is 13.7. The Morgan fingerprint density at radius 1 is 1.06 bits per heavy atom. The average Bonchev–Trinajstić information content (AvgIpc) is 3.20. The number of fused-ring (bicyclic) bond motifs is 2. The second-order valence-electron chi connectivity index (χ2n) is 9.33. The third-order valence-corrected chi connectivity index (χ3v) is 7.26. The zero-order valence-corrected chi connectivity index (χ0v) is 20.3. The lowest BCUT2D eigenvalue weighted by Gasteiger charge is -2.27. The van der Waals surface area contributed by atoms with Gasteiger partial charge in [-0.1, -0.05) is 24.3 Å². The molecule has 1 aliphatic heterocycles. The number of carbonyl (C=O) groups is 3. The van der Waals surface area contributed by atoms with E-state index in [1.54, 1.807) is 7.11 Å². The van der Waals surface area contributed by atoms with E-state index < -0.39 is 11.6 Å². The molecule has 7 heteroatoms. The molecule has 1 spiro atoms. The quantitative estimate of drug-likeness (QED) is 0.440. The van der Waals surface area contributed by atoms with Crippen molar-refractivity contribution in [3.05, 3.63) is 82.7 Å². The van der Waals surface area contributed by atoms with Gasteiger partial charge in [-0.05, 0) is 81.0 Å².